The Kier molecular flexibility index (Phi) is 6.87. The van der Waals surface area contributed by atoms with Crippen LogP contribution in [0.15, 0.2) is 34.0 Å². The first-order chi connectivity index (χ1) is 18.0. The van der Waals surface area contributed by atoms with Gasteiger partial charge in [-0.15, -0.1) is 11.8 Å². The van der Waals surface area contributed by atoms with Crippen LogP contribution >= 0.6 is 11.8 Å². The molecule has 1 atom stereocenters. The van der Waals surface area contributed by atoms with E-state index in [1.54, 1.807) is 21.2 Å². The van der Waals surface area contributed by atoms with E-state index in [1.165, 1.54) is 12.1 Å². The van der Waals surface area contributed by atoms with E-state index in [0.29, 0.717) is 55.3 Å². The van der Waals surface area contributed by atoms with Crippen LogP contribution in [0.4, 0.5) is 19.4 Å². The lowest BCUT2D eigenvalue weighted by Gasteiger charge is -2.41. The number of thioether (sulfide) groups is 1. The summed E-state index contributed by atoms with van der Waals surface area (Å²) < 4.78 is 36.0. The van der Waals surface area contributed by atoms with E-state index in [-0.39, 0.29) is 17.8 Å². The zero-order chi connectivity index (χ0) is 27.4. The molecule has 0 radical (unpaired) electrons. The normalized spacial score (nSPS) is 17.7. The highest BCUT2D eigenvalue weighted by Gasteiger charge is 2.33. The number of nitrogens with zero attached hydrogens (tertiary/aromatic N) is 4. The summed E-state index contributed by atoms with van der Waals surface area (Å²) in [5, 5.41) is 0.826. The van der Waals surface area contributed by atoms with Crippen LogP contribution in [0.3, 0.4) is 0 Å². The monoisotopic (exact) mass is 542 g/mol. The molecule has 0 spiro atoms. The number of halogens is 2. The summed E-state index contributed by atoms with van der Waals surface area (Å²) in [5.74, 6) is -0.0373. The molecule has 38 heavy (non-hydrogen) atoms. The Morgan fingerprint density at radius 2 is 1.95 bits per heavy atom. The van der Waals surface area contributed by atoms with Crippen molar-refractivity contribution in [1.82, 2.24) is 14.5 Å². The number of ether oxygens (including phenoxy) is 1. The summed E-state index contributed by atoms with van der Waals surface area (Å²) in [4.78, 5) is 35.0. The largest absolute Gasteiger partial charge is 0.444 e. The third kappa shape index (κ3) is 4.74. The number of carbonyl (C=O) groups excluding carboxylic acids is 1. The van der Waals surface area contributed by atoms with Crippen LogP contribution in [0.5, 0.6) is 0 Å². The highest BCUT2D eigenvalue weighted by molar-refractivity contribution is 7.99. The lowest BCUT2D eigenvalue weighted by atomic mass is 9.94. The highest BCUT2D eigenvalue weighted by Crippen LogP contribution is 2.45. The summed E-state index contributed by atoms with van der Waals surface area (Å²) in [7, 11) is 0. The molecule has 3 heterocycles. The minimum atomic E-state index is -0.630. The van der Waals surface area contributed by atoms with Gasteiger partial charge in [-0.25, -0.2) is 18.4 Å². The fraction of sp³-hybridized carbons (Fsp3) is 0.464. The zero-order valence-corrected chi connectivity index (χ0v) is 23.1. The molecule has 5 rings (SSSR count). The summed E-state index contributed by atoms with van der Waals surface area (Å²) in [6, 6.07) is 5.52. The Morgan fingerprint density at radius 1 is 1.18 bits per heavy atom. The molecule has 1 fully saturated rings. The van der Waals surface area contributed by atoms with Crippen LogP contribution in [-0.2, 0) is 17.7 Å². The number of hydrogen-bond acceptors (Lipinski definition) is 6. The fourth-order valence-corrected chi connectivity index (χ4v) is 6.50. The maximum atomic E-state index is 15.0. The Hall–Kier alpha value is -3.14. The molecule has 3 aromatic rings. The van der Waals surface area contributed by atoms with Crippen molar-refractivity contribution in [3.05, 3.63) is 51.9 Å². The molecule has 0 aliphatic carbocycles. The van der Waals surface area contributed by atoms with E-state index < -0.39 is 17.2 Å². The summed E-state index contributed by atoms with van der Waals surface area (Å²) in [6.45, 7) is 11.4. The number of aromatic nitrogens is 2. The van der Waals surface area contributed by atoms with Gasteiger partial charge in [0.1, 0.15) is 23.1 Å². The van der Waals surface area contributed by atoms with Crippen molar-refractivity contribution in [1.29, 1.82) is 0 Å². The van der Waals surface area contributed by atoms with Gasteiger partial charge in [-0.2, -0.15) is 4.98 Å². The number of amides is 1. The van der Waals surface area contributed by atoms with Crippen LogP contribution in [0, 0.1) is 11.6 Å². The highest BCUT2D eigenvalue weighted by atomic mass is 32.2. The first-order valence-electron chi connectivity index (χ1n) is 12.9. The predicted molar refractivity (Wildman–Crippen MR) is 146 cm³/mol. The van der Waals surface area contributed by atoms with Crippen molar-refractivity contribution in [3.8, 4) is 11.1 Å². The third-order valence-corrected chi connectivity index (χ3v) is 8.05. The van der Waals surface area contributed by atoms with Crippen LogP contribution in [0.25, 0.3) is 22.0 Å². The lowest BCUT2D eigenvalue weighted by Crippen LogP contribution is -2.55. The molecule has 0 N–H and O–H groups in total. The van der Waals surface area contributed by atoms with Crippen molar-refractivity contribution >= 4 is 34.6 Å². The van der Waals surface area contributed by atoms with Crippen molar-refractivity contribution in [2.24, 2.45) is 0 Å². The number of rotatable bonds is 3. The maximum absolute atomic E-state index is 15.0. The van der Waals surface area contributed by atoms with E-state index in [1.807, 2.05) is 40.7 Å². The molecule has 10 heteroatoms. The maximum Gasteiger partial charge on any atom is 0.410 e. The first kappa shape index (κ1) is 26.5. The zero-order valence-electron chi connectivity index (χ0n) is 22.3. The molecule has 0 bridgehead atoms. The van der Waals surface area contributed by atoms with Gasteiger partial charge in [0.15, 0.2) is 0 Å². The van der Waals surface area contributed by atoms with Crippen molar-refractivity contribution in [2.45, 2.75) is 64.1 Å². The Labute approximate surface area is 224 Å². The van der Waals surface area contributed by atoms with E-state index in [2.05, 4.69) is 9.88 Å². The first-order valence-corrected chi connectivity index (χ1v) is 13.9. The second kappa shape index (κ2) is 9.87. The molecule has 2 aliphatic heterocycles. The van der Waals surface area contributed by atoms with Crippen molar-refractivity contribution in [2.75, 3.05) is 30.3 Å². The van der Waals surface area contributed by atoms with Crippen LogP contribution in [-0.4, -0.2) is 57.6 Å². The Balaban J connectivity index is 1.63. The topological polar surface area (TPSA) is 67.7 Å². The van der Waals surface area contributed by atoms with E-state index >= 15 is 4.39 Å². The average Bonchev–Trinajstić information content (AvgIpc) is 2.85. The number of piperazine rings is 1. The molecule has 7 nitrogen and oxygen atoms in total. The third-order valence-electron chi connectivity index (χ3n) is 6.97. The minimum Gasteiger partial charge on any atom is -0.444 e. The van der Waals surface area contributed by atoms with E-state index in [4.69, 9.17) is 4.74 Å². The number of hydrogen-bond donors (Lipinski definition) is 0. The fourth-order valence-electron chi connectivity index (χ4n) is 5.28. The Morgan fingerprint density at radius 3 is 2.61 bits per heavy atom. The summed E-state index contributed by atoms with van der Waals surface area (Å²) >= 11 is 1.58. The predicted octanol–water partition coefficient (Wildman–Crippen LogP) is 5.46. The summed E-state index contributed by atoms with van der Waals surface area (Å²) in [5.41, 5.74) is 1.72. The molecule has 0 unspecified atom stereocenters. The quantitative estimate of drug-likeness (QED) is 0.438. The van der Waals surface area contributed by atoms with Gasteiger partial charge in [0, 0.05) is 65.4 Å². The number of anilines is 1. The van der Waals surface area contributed by atoms with Gasteiger partial charge in [0.2, 0.25) is 0 Å². The number of aryl methyl sites for hydroxylation is 2. The van der Waals surface area contributed by atoms with E-state index in [0.717, 1.165) is 27.4 Å². The molecular formula is C28H32F2N4O3S. The van der Waals surface area contributed by atoms with Gasteiger partial charge in [-0.1, -0.05) is 6.92 Å². The average molecular weight is 543 g/mol. The van der Waals surface area contributed by atoms with Crippen LogP contribution in [0.1, 0.15) is 40.2 Å². The van der Waals surface area contributed by atoms with Gasteiger partial charge in [0.05, 0.1) is 5.52 Å². The number of carbonyl (C=O) groups is 1. The van der Waals surface area contributed by atoms with Gasteiger partial charge in [0.25, 0.3) is 0 Å². The van der Waals surface area contributed by atoms with Crippen molar-refractivity contribution < 1.29 is 18.3 Å². The SMILES string of the molecule is CCc1cc2c(N3CCN(C(=O)OC(C)(C)C)C[C@@H]3C)nc(=O)n3c2c(c1-c1ccc(F)cc1F)SCC3. The lowest BCUT2D eigenvalue weighted by molar-refractivity contribution is 0.0218. The summed E-state index contributed by atoms with van der Waals surface area (Å²) in [6.07, 6.45) is 0.264. The second-order valence-corrected chi connectivity index (χ2v) is 11.9. The van der Waals surface area contributed by atoms with Gasteiger partial charge < -0.3 is 14.5 Å². The molecule has 1 aromatic heterocycles. The molecule has 202 valence electrons. The van der Waals surface area contributed by atoms with Crippen LogP contribution in [0.2, 0.25) is 0 Å². The smallest absolute Gasteiger partial charge is 0.410 e. The minimum absolute atomic E-state index is 0.111. The molecule has 1 saturated heterocycles. The molecule has 2 aromatic carbocycles. The molecule has 2 aliphatic rings. The van der Waals surface area contributed by atoms with Gasteiger partial charge in [-0.05, 0) is 57.9 Å². The molecular weight excluding hydrogens is 510 g/mol. The standard InChI is InChI=1S/C28H32F2N4O3S/c1-6-17-13-20-23-24(22(17)19-8-7-18(29)14-21(19)30)38-12-11-34(23)26(35)31-25(20)33-10-9-32(15-16(33)2)27(36)37-28(3,4)5/h7-8,13-14,16H,6,9-12,15H2,1-5H3/t16-/m0/s1. The van der Waals surface area contributed by atoms with Crippen molar-refractivity contribution in [3.63, 3.8) is 0 Å². The second-order valence-electron chi connectivity index (χ2n) is 10.8. The number of benzene rings is 2. The van der Waals surface area contributed by atoms with Gasteiger partial charge in [-0.3, -0.25) is 4.57 Å². The molecule has 0 saturated carbocycles. The van der Waals surface area contributed by atoms with Gasteiger partial charge >= 0.3 is 11.8 Å². The van der Waals surface area contributed by atoms with Crippen LogP contribution < -0.4 is 10.6 Å². The Bertz CT molecular complexity index is 1480. The van der Waals surface area contributed by atoms with E-state index in [9.17, 15) is 14.0 Å². The molecule has 1 amide bonds.